The molecule has 0 saturated heterocycles. The summed E-state index contributed by atoms with van der Waals surface area (Å²) in [7, 11) is 0. The van der Waals surface area contributed by atoms with Gasteiger partial charge in [-0.2, -0.15) is 0 Å². The van der Waals surface area contributed by atoms with Crippen molar-refractivity contribution < 1.29 is 9.90 Å². The van der Waals surface area contributed by atoms with Gasteiger partial charge >= 0.3 is 5.97 Å². The number of hydrogen-bond acceptors (Lipinski definition) is 1. The smallest absolute Gasteiger partial charge is 0.242 e. The van der Waals surface area contributed by atoms with Crippen LogP contribution in [0, 0.1) is 0 Å². The van der Waals surface area contributed by atoms with Crippen LogP contribution in [0.4, 0.5) is 0 Å². The molecule has 0 aliphatic rings. The molecule has 2 heteroatoms. The number of hydrogen-bond donors (Lipinski definition) is 0. The predicted octanol–water partition coefficient (Wildman–Crippen LogP) is 1.26. The van der Waals surface area contributed by atoms with Crippen LogP contribution in [0.5, 0.6) is 0 Å². The zero-order valence-corrected chi connectivity index (χ0v) is 4.70. The lowest BCUT2D eigenvalue weighted by Gasteiger charge is -1.85. The molecule has 0 N–H and O–H groups in total. The van der Waals surface area contributed by atoms with Crippen LogP contribution in [0.1, 0.15) is 10.4 Å². The molecule has 0 spiro atoms. The van der Waals surface area contributed by atoms with Gasteiger partial charge in [-0.05, 0) is 12.1 Å². The molecule has 0 atom stereocenters. The number of carbonyl (C=O) groups excluding carboxylic acids is 1. The van der Waals surface area contributed by atoms with Gasteiger partial charge in [-0.15, -0.1) is 0 Å². The third-order valence-electron chi connectivity index (χ3n) is 1.01. The Morgan fingerprint density at radius 3 is 2.11 bits per heavy atom. The third kappa shape index (κ3) is 1.29. The molecule has 0 amide bonds. The second kappa shape index (κ2) is 2.31. The minimum absolute atomic E-state index is 0.220. The normalized spacial score (nSPS) is 8.89. The summed E-state index contributed by atoms with van der Waals surface area (Å²) >= 11 is 0. The zero-order chi connectivity index (χ0) is 6.69. The van der Waals surface area contributed by atoms with Crippen LogP contribution in [-0.2, 0) is 5.11 Å². The topological polar surface area (TPSA) is 37.0 Å². The van der Waals surface area contributed by atoms with Gasteiger partial charge in [-0.25, -0.2) is 9.90 Å². The van der Waals surface area contributed by atoms with Gasteiger partial charge in [-0.3, -0.25) is 0 Å². The average molecular weight is 106 g/mol. The minimum atomic E-state index is -1.13. The van der Waals surface area contributed by atoms with Gasteiger partial charge in [0.15, 0.2) is 0 Å². The van der Waals surface area contributed by atoms with E-state index in [9.17, 15) is 9.90 Å². The number of benzene rings is 1. The van der Waals surface area contributed by atoms with Gasteiger partial charge < -0.3 is 0 Å². The summed E-state index contributed by atoms with van der Waals surface area (Å²) in [6.07, 6.45) is 0. The van der Waals surface area contributed by atoms with Gasteiger partial charge in [0.1, 0.15) is 0 Å². The molecular weight excluding hydrogens is 101 g/mol. The van der Waals surface area contributed by atoms with Crippen LogP contribution >= 0.6 is 0 Å². The third-order valence-corrected chi connectivity index (χ3v) is 1.01. The molecule has 2 nitrogen and oxygen atoms in total. The van der Waals surface area contributed by atoms with Crippen molar-refractivity contribution in [1.82, 2.24) is 0 Å². The summed E-state index contributed by atoms with van der Waals surface area (Å²) in [6, 6.07) is 8.06. The molecule has 0 aromatic heterocycles. The fourth-order valence-corrected chi connectivity index (χ4v) is 0.574. The Balaban J connectivity index is 2.98. The van der Waals surface area contributed by atoms with Crippen molar-refractivity contribution in [3.8, 4) is 0 Å². The van der Waals surface area contributed by atoms with Gasteiger partial charge in [0, 0.05) is 0 Å². The molecule has 1 aromatic carbocycles. The average Bonchev–Trinajstić information content (AvgIpc) is 1.90. The summed E-state index contributed by atoms with van der Waals surface area (Å²) in [5.41, 5.74) is 0.220. The van der Waals surface area contributed by atoms with E-state index in [2.05, 4.69) is 0 Å². The molecule has 1 aromatic rings. The molecule has 0 heterocycles. The molecule has 0 fully saturated rings. The largest absolute Gasteiger partial charge is 0.386 e. The maximum Gasteiger partial charge on any atom is 0.386 e. The second-order valence-corrected chi connectivity index (χ2v) is 1.65. The van der Waals surface area contributed by atoms with E-state index >= 15 is 0 Å². The van der Waals surface area contributed by atoms with Crippen molar-refractivity contribution in [3.05, 3.63) is 35.9 Å². The standard InChI is InChI=1S/C7H5O2/c8-7(9)6-4-2-1-3-5-6/h1-5H/i8-15. The molecule has 0 bridgehead atoms. The molecule has 0 saturated carbocycles. The molecule has 1 rings (SSSR count). The fourth-order valence-electron chi connectivity index (χ4n) is 0.574. The summed E-state index contributed by atoms with van der Waals surface area (Å²) in [5.74, 6) is -1.13. The van der Waals surface area contributed by atoms with Crippen molar-refractivity contribution >= 4 is 5.97 Å². The summed E-state index contributed by atoms with van der Waals surface area (Å²) in [4.78, 5) is 10.1. The lowest BCUT2D eigenvalue weighted by molar-refractivity contribution is 0.0573. The molecule has 0 aliphatic carbocycles. The maximum absolute atomic E-state index is 10.1. The van der Waals surface area contributed by atoms with Crippen LogP contribution in [0.2, 0.25) is 0 Å². The quantitative estimate of drug-likeness (QED) is 0.531. The van der Waals surface area contributed by atoms with E-state index in [1.165, 1.54) is 12.1 Å². The van der Waals surface area contributed by atoms with E-state index in [1.807, 2.05) is 0 Å². The monoisotopic (exact) mass is 106 g/mol. The summed E-state index contributed by atoms with van der Waals surface area (Å²) in [5, 5.41) is 10.1. The van der Waals surface area contributed by atoms with Crippen molar-refractivity contribution in [2.24, 2.45) is 0 Å². The Kier molecular flexibility index (Phi) is 1.49. The lowest BCUT2D eigenvalue weighted by atomic mass is 0.909. The first kappa shape index (κ1) is 5.82. The molecule has 1 radical (unpaired) electrons. The van der Waals surface area contributed by atoms with Crippen LogP contribution in [0.25, 0.3) is 0 Å². The molecule has 9 heavy (non-hydrogen) atoms. The van der Waals surface area contributed by atoms with Crippen molar-refractivity contribution in [2.45, 2.75) is 0 Å². The van der Waals surface area contributed by atoms with E-state index < -0.39 is 5.97 Å². The van der Waals surface area contributed by atoms with Crippen molar-refractivity contribution in [1.29, 1.82) is 0 Å². The first-order valence-corrected chi connectivity index (χ1v) is 2.57. The Labute approximate surface area is 52.8 Å². The Morgan fingerprint density at radius 1 is 1.22 bits per heavy atom. The Hall–Kier alpha value is -1.31. The van der Waals surface area contributed by atoms with Gasteiger partial charge in [0.05, 0.1) is 5.56 Å². The van der Waals surface area contributed by atoms with Gasteiger partial charge in [-0.1, -0.05) is 18.2 Å². The van der Waals surface area contributed by atoms with E-state index in [4.69, 9.17) is 0 Å². The SMILES string of the molecule is O=C([1O])c1ccccc1. The van der Waals surface area contributed by atoms with E-state index in [1.54, 1.807) is 18.2 Å². The molecular formula is C7H5O2. The van der Waals surface area contributed by atoms with E-state index in [0.29, 0.717) is 0 Å². The zero-order valence-electron chi connectivity index (χ0n) is 4.70. The van der Waals surface area contributed by atoms with Crippen LogP contribution in [-0.4, -0.2) is 5.97 Å². The molecule has 0 unspecified atom stereocenters. The van der Waals surface area contributed by atoms with E-state index in [0.717, 1.165) is 0 Å². The van der Waals surface area contributed by atoms with Crippen LogP contribution < -0.4 is 0 Å². The van der Waals surface area contributed by atoms with Crippen molar-refractivity contribution in [2.75, 3.05) is 0 Å². The second-order valence-electron chi connectivity index (χ2n) is 1.65. The van der Waals surface area contributed by atoms with Gasteiger partial charge in [0.2, 0.25) is 0 Å². The Bertz CT molecular complexity index is 203. The fraction of sp³-hybridized carbons (Fsp3) is 0. The minimum Gasteiger partial charge on any atom is -0.242 e. The summed E-state index contributed by atoms with van der Waals surface area (Å²) < 4.78 is 0. The maximum atomic E-state index is 10.1. The number of rotatable bonds is 1. The first-order chi connectivity index (χ1) is 4.30. The number of carbonyl (C=O) groups is 1. The van der Waals surface area contributed by atoms with Crippen LogP contribution in [0.15, 0.2) is 30.3 Å². The summed E-state index contributed by atoms with van der Waals surface area (Å²) in [6.45, 7) is 0. The Morgan fingerprint density at radius 2 is 1.78 bits per heavy atom. The van der Waals surface area contributed by atoms with E-state index in [-0.39, 0.29) is 5.56 Å². The molecule has 0 aliphatic heterocycles. The highest BCUT2D eigenvalue weighted by molar-refractivity contribution is 5.86. The highest BCUT2D eigenvalue weighted by atomic mass is 16.1. The van der Waals surface area contributed by atoms with Gasteiger partial charge in [0.25, 0.3) is 0 Å². The van der Waals surface area contributed by atoms with Crippen molar-refractivity contribution in [3.63, 3.8) is 0 Å². The van der Waals surface area contributed by atoms with Crippen LogP contribution in [0.3, 0.4) is 0 Å². The lowest BCUT2D eigenvalue weighted by Crippen LogP contribution is -1.91. The predicted molar refractivity (Wildman–Crippen MR) is 31.5 cm³/mol. The molecule has 45 valence electrons. The highest BCUT2D eigenvalue weighted by Gasteiger charge is 1.99. The first-order valence-electron chi connectivity index (χ1n) is 2.57. The highest BCUT2D eigenvalue weighted by Crippen LogP contribution is 1.96.